The van der Waals surface area contributed by atoms with Crippen LogP contribution in [-0.2, 0) is 0 Å². The minimum Gasteiger partial charge on any atom is -0.335 e. The topological polar surface area (TPSA) is 32.3 Å². The van der Waals surface area contributed by atoms with Crippen LogP contribution in [0.2, 0.25) is 0 Å². The number of carbonyl (C=O) groups is 1. The molecule has 3 heteroatoms. The summed E-state index contributed by atoms with van der Waals surface area (Å²) in [6, 6.07) is 0.499. The molecule has 1 N–H and O–H groups in total. The largest absolute Gasteiger partial charge is 0.335 e. The van der Waals surface area contributed by atoms with Crippen molar-refractivity contribution in [2.45, 2.75) is 51.5 Å². The van der Waals surface area contributed by atoms with Crippen molar-refractivity contribution >= 4 is 6.03 Å². The van der Waals surface area contributed by atoms with E-state index < -0.39 is 0 Å². The predicted molar refractivity (Wildman–Crippen MR) is 58.3 cm³/mol. The molecule has 0 unspecified atom stereocenters. The van der Waals surface area contributed by atoms with E-state index >= 15 is 0 Å². The maximum atomic E-state index is 11.6. The first-order chi connectivity index (χ1) is 6.74. The third kappa shape index (κ3) is 3.56. The third-order valence-corrected chi connectivity index (χ3v) is 3.00. The van der Waals surface area contributed by atoms with Gasteiger partial charge in [-0.15, -0.1) is 0 Å². The standard InChI is InChI=1S/C11H22N2O/c1-3-13(2)11(14)12-10-8-6-4-5-7-9-10/h10H,3-9H2,1-2H3,(H,12,14). The van der Waals surface area contributed by atoms with Gasteiger partial charge in [0, 0.05) is 19.6 Å². The number of nitrogens with one attached hydrogen (secondary N) is 1. The molecular formula is C11H22N2O. The number of urea groups is 1. The molecule has 1 saturated carbocycles. The molecule has 1 aliphatic carbocycles. The number of hydrogen-bond acceptors (Lipinski definition) is 1. The molecule has 0 aromatic rings. The van der Waals surface area contributed by atoms with Crippen LogP contribution in [0.25, 0.3) is 0 Å². The summed E-state index contributed by atoms with van der Waals surface area (Å²) < 4.78 is 0. The molecule has 82 valence electrons. The van der Waals surface area contributed by atoms with Gasteiger partial charge in [0.1, 0.15) is 0 Å². The molecule has 0 saturated heterocycles. The van der Waals surface area contributed by atoms with Gasteiger partial charge in [-0.25, -0.2) is 4.79 Å². The quantitative estimate of drug-likeness (QED) is 0.679. The Morgan fingerprint density at radius 2 is 1.86 bits per heavy atom. The Morgan fingerprint density at radius 3 is 2.36 bits per heavy atom. The summed E-state index contributed by atoms with van der Waals surface area (Å²) in [4.78, 5) is 13.3. The Labute approximate surface area is 86.9 Å². The molecule has 1 fully saturated rings. The summed E-state index contributed by atoms with van der Waals surface area (Å²) in [7, 11) is 1.84. The molecule has 0 aliphatic heterocycles. The van der Waals surface area contributed by atoms with Crippen LogP contribution in [-0.4, -0.2) is 30.6 Å². The first-order valence-corrected chi connectivity index (χ1v) is 5.75. The van der Waals surface area contributed by atoms with Crippen LogP contribution >= 0.6 is 0 Å². The zero-order chi connectivity index (χ0) is 10.4. The highest BCUT2D eigenvalue weighted by molar-refractivity contribution is 5.74. The third-order valence-electron chi connectivity index (χ3n) is 3.00. The average molecular weight is 198 g/mol. The van der Waals surface area contributed by atoms with Gasteiger partial charge in [0.25, 0.3) is 0 Å². The van der Waals surface area contributed by atoms with E-state index in [0.29, 0.717) is 6.04 Å². The van der Waals surface area contributed by atoms with Crippen molar-refractivity contribution in [1.29, 1.82) is 0 Å². The zero-order valence-electron chi connectivity index (χ0n) is 9.38. The SMILES string of the molecule is CCN(C)C(=O)NC1CCCCCC1. The van der Waals surface area contributed by atoms with Gasteiger partial charge in [0.2, 0.25) is 0 Å². The van der Waals surface area contributed by atoms with Gasteiger partial charge >= 0.3 is 6.03 Å². The maximum Gasteiger partial charge on any atom is 0.317 e. The Hall–Kier alpha value is -0.730. The molecule has 1 aliphatic rings. The number of nitrogens with zero attached hydrogens (tertiary/aromatic N) is 1. The van der Waals surface area contributed by atoms with Crippen molar-refractivity contribution in [3.63, 3.8) is 0 Å². The van der Waals surface area contributed by atoms with Crippen LogP contribution < -0.4 is 5.32 Å². The fourth-order valence-electron chi connectivity index (χ4n) is 1.85. The predicted octanol–water partition coefficient (Wildman–Crippen LogP) is 2.37. The molecule has 0 radical (unpaired) electrons. The van der Waals surface area contributed by atoms with Crippen molar-refractivity contribution in [2.75, 3.05) is 13.6 Å². The van der Waals surface area contributed by atoms with E-state index in [9.17, 15) is 4.79 Å². The van der Waals surface area contributed by atoms with Gasteiger partial charge in [-0.1, -0.05) is 25.7 Å². The van der Waals surface area contributed by atoms with Gasteiger partial charge < -0.3 is 10.2 Å². The minimum atomic E-state index is 0.0828. The minimum absolute atomic E-state index is 0.0828. The van der Waals surface area contributed by atoms with Crippen molar-refractivity contribution in [1.82, 2.24) is 10.2 Å². The van der Waals surface area contributed by atoms with Crippen molar-refractivity contribution in [3.05, 3.63) is 0 Å². The molecular weight excluding hydrogens is 176 g/mol. The molecule has 0 spiro atoms. The molecule has 2 amide bonds. The number of hydrogen-bond donors (Lipinski definition) is 1. The summed E-state index contributed by atoms with van der Waals surface area (Å²) in [5, 5.41) is 3.10. The average Bonchev–Trinajstić information content (AvgIpc) is 2.45. The second-order valence-corrected chi connectivity index (χ2v) is 4.15. The first-order valence-electron chi connectivity index (χ1n) is 5.75. The zero-order valence-corrected chi connectivity index (χ0v) is 9.38. The van der Waals surface area contributed by atoms with E-state index in [1.165, 1.54) is 25.7 Å². The van der Waals surface area contributed by atoms with E-state index in [-0.39, 0.29) is 6.03 Å². The van der Waals surface area contributed by atoms with Crippen LogP contribution in [0, 0.1) is 0 Å². The summed E-state index contributed by atoms with van der Waals surface area (Å²) >= 11 is 0. The van der Waals surface area contributed by atoms with Crippen molar-refractivity contribution < 1.29 is 4.79 Å². The molecule has 0 aromatic carbocycles. The van der Waals surface area contributed by atoms with E-state index in [1.807, 2.05) is 14.0 Å². The van der Waals surface area contributed by atoms with Crippen LogP contribution in [0.5, 0.6) is 0 Å². The lowest BCUT2D eigenvalue weighted by atomic mass is 10.1. The van der Waals surface area contributed by atoms with Gasteiger partial charge in [-0.2, -0.15) is 0 Å². The normalized spacial score (nSPS) is 18.7. The van der Waals surface area contributed by atoms with Crippen LogP contribution in [0.1, 0.15) is 45.4 Å². The molecule has 0 heterocycles. The molecule has 3 nitrogen and oxygen atoms in total. The van der Waals surface area contributed by atoms with Crippen molar-refractivity contribution in [2.24, 2.45) is 0 Å². The Balaban J connectivity index is 2.30. The van der Waals surface area contributed by atoms with Gasteiger partial charge in [-0.05, 0) is 19.8 Å². The lowest BCUT2D eigenvalue weighted by Crippen LogP contribution is -2.42. The lowest BCUT2D eigenvalue weighted by molar-refractivity contribution is 0.205. The smallest absolute Gasteiger partial charge is 0.317 e. The monoisotopic (exact) mass is 198 g/mol. The molecule has 0 atom stereocenters. The van der Waals surface area contributed by atoms with Gasteiger partial charge in [-0.3, -0.25) is 0 Å². The second-order valence-electron chi connectivity index (χ2n) is 4.15. The number of amides is 2. The number of rotatable bonds is 2. The van der Waals surface area contributed by atoms with E-state index in [4.69, 9.17) is 0 Å². The van der Waals surface area contributed by atoms with E-state index in [2.05, 4.69) is 5.32 Å². The molecule has 1 rings (SSSR count). The summed E-state index contributed by atoms with van der Waals surface area (Å²) in [6.07, 6.45) is 7.50. The highest BCUT2D eigenvalue weighted by atomic mass is 16.2. The van der Waals surface area contributed by atoms with Gasteiger partial charge in [0.15, 0.2) is 0 Å². The van der Waals surface area contributed by atoms with E-state index in [1.54, 1.807) is 4.90 Å². The number of carbonyl (C=O) groups excluding carboxylic acids is 1. The van der Waals surface area contributed by atoms with Crippen LogP contribution in [0.15, 0.2) is 0 Å². The maximum absolute atomic E-state index is 11.6. The van der Waals surface area contributed by atoms with Gasteiger partial charge in [0.05, 0.1) is 0 Å². The lowest BCUT2D eigenvalue weighted by Gasteiger charge is -2.21. The Morgan fingerprint density at radius 1 is 1.29 bits per heavy atom. The second kappa shape index (κ2) is 5.89. The summed E-state index contributed by atoms with van der Waals surface area (Å²) in [6.45, 7) is 2.77. The highest BCUT2D eigenvalue weighted by Crippen LogP contribution is 2.17. The fraction of sp³-hybridized carbons (Fsp3) is 0.909. The first kappa shape index (κ1) is 11.3. The highest BCUT2D eigenvalue weighted by Gasteiger charge is 2.15. The summed E-state index contributed by atoms with van der Waals surface area (Å²) in [5.41, 5.74) is 0. The molecule has 14 heavy (non-hydrogen) atoms. The van der Waals surface area contributed by atoms with Crippen LogP contribution in [0.3, 0.4) is 0 Å². The van der Waals surface area contributed by atoms with E-state index in [0.717, 1.165) is 19.4 Å². The summed E-state index contributed by atoms with van der Waals surface area (Å²) in [5.74, 6) is 0. The van der Waals surface area contributed by atoms with Crippen LogP contribution in [0.4, 0.5) is 4.79 Å². The van der Waals surface area contributed by atoms with Crippen molar-refractivity contribution in [3.8, 4) is 0 Å². The Kier molecular flexibility index (Phi) is 4.77. The Bertz CT molecular complexity index is 174. The molecule has 0 aromatic heterocycles. The fourth-order valence-corrected chi connectivity index (χ4v) is 1.85. The molecule has 0 bridgehead atoms.